The molecule has 3 nitrogen and oxygen atoms in total. The quantitative estimate of drug-likeness (QED) is 0.916. The summed E-state index contributed by atoms with van der Waals surface area (Å²) in [5.41, 5.74) is 6.79. The van der Waals surface area contributed by atoms with Crippen LogP contribution in [0.25, 0.3) is 0 Å². The number of nitrogens with two attached hydrogens (primary N) is 1. The fourth-order valence-electron chi connectivity index (χ4n) is 1.95. The van der Waals surface area contributed by atoms with E-state index in [2.05, 4.69) is 0 Å². The summed E-state index contributed by atoms with van der Waals surface area (Å²) in [6.45, 7) is 1.73. The lowest BCUT2D eigenvalue weighted by atomic mass is 10.1. The first-order valence-electron chi connectivity index (χ1n) is 6.51. The van der Waals surface area contributed by atoms with Gasteiger partial charge in [0.1, 0.15) is 29.7 Å². The van der Waals surface area contributed by atoms with E-state index in [-0.39, 0.29) is 18.2 Å². The van der Waals surface area contributed by atoms with Gasteiger partial charge in [0.25, 0.3) is 0 Å². The van der Waals surface area contributed by atoms with Crippen LogP contribution in [0.3, 0.4) is 0 Å². The molecule has 0 saturated carbocycles. The molecule has 0 spiro atoms. The number of hydrogen-bond acceptors (Lipinski definition) is 3. The first-order valence-corrected chi connectivity index (χ1v) is 6.51. The van der Waals surface area contributed by atoms with E-state index in [1.54, 1.807) is 18.2 Å². The maximum absolute atomic E-state index is 13.6. The van der Waals surface area contributed by atoms with Crippen LogP contribution in [0.15, 0.2) is 36.4 Å². The highest BCUT2D eigenvalue weighted by Crippen LogP contribution is 2.29. The van der Waals surface area contributed by atoms with Crippen LogP contribution in [0.2, 0.25) is 0 Å². The van der Waals surface area contributed by atoms with Gasteiger partial charge in [0.05, 0.1) is 7.11 Å². The van der Waals surface area contributed by atoms with Crippen LogP contribution in [0, 0.1) is 11.6 Å². The van der Waals surface area contributed by atoms with E-state index in [1.165, 1.54) is 7.11 Å². The monoisotopic (exact) mass is 293 g/mol. The van der Waals surface area contributed by atoms with Crippen molar-refractivity contribution in [1.82, 2.24) is 0 Å². The Morgan fingerprint density at radius 2 is 1.90 bits per heavy atom. The Hall–Kier alpha value is -2.14. The van der Waals surface area contributed by atoms with E-state index in [0.717, 1.165) is 23.8 Å². The molecule has 0 aromatic heterocycles. The van der Waals surface area contributed by atoms with Crippen LogP contribution in [0.5, 0.6) is 11.5 Å². The van der Waals surface area contributed by atoms with Gasteiger partial charge in [-0.15, -0.1) is 0 Å². The lowest BCUT2D eigenvalue weighted by Gasteiger charge is -2.15. The van der Waals surface area contributed by atoms with E-state index in [4.69, 9.17) is 15.2 Å². The highest BCUT2D eigenvalue weighted by Gasteiger charge is 2.11. The molecule has 0 aliphatic heterocycles. The van der Waals surface area contributed by atoms with E-state index >= 15 is 0 Å². The second-order valence-electron chi connectivity index (χ2n) is 4.72. The summed E-state index contributed by atoms with van der Waals surface area (Å²) in [7, 11) is 1.54. The molecule has 2 aromatic carbocycles. The van der Waals surface area contributed by atoms with Crippen molar-refractivity contribution in [1.29, 1.82) is 0 Å². The molecule has 112 valence electrons. The molecular formula is C16H17F2NO2. The van der Waals surface area contributed by atoms with E-state index < -0.39 is 11.6 Å². The number of ether oxygens (including phenoxy) is 2. The first kappa shape index (κ1) is 15.3. The van der Waals surface area contributed by atoms with Crippen LogP contribution in [0.1, 0.15) is 24.1 Å². The third-order valence-electron chi connectivity index (χ3n) is 3.10. The normalized spacial score (nSPS) is 12.0. The number of benzene rings is 2. The first-order chi connectivity index (χ1) is 10.0. The van der Waals surface area contributed by atoms with Crippen molar-refractivity contribution < 1.29 is 18.3 Å². The topological polar surface area (TPSA) is 44.5 Å². The molecule has 0 bridgehead atoms. The summed E-state index contributed by atoms with van der Waals surface area (Å²) in [4.78, 5) is 0. The summed E-state index contributed by atoms with van der Waals surface area (Å²) in [5.74, 6) is 0.0804. The second kappa shape index (κ2) is 6.54. The molecule has 0 aliphatic carbocycles. The van der Waals surface area contributed by atoms with Crippen LogP contribution in [-0.4, -0.2) is 7.11 Å². The molecule has 2 rings (SSSR count). The Balaban J connectivity index is 2.24. The zero-order valence-electron chi connectivity index (χ0n) is 11.9. The highest BCUT2D eigenvalue weighted by molar-refractivity contribution is 5.42. The molecule has 5 heteroatoms. The zero-order chi connectivity index (χ0) is 15.4. The van der Waals surface area contributed by atoms with Gasteiger partial charge in [-0.05, 0) is 31.2 Å². The minimum Gasteiger partial charge on any atom is -0.497 e. The van der Waals surface area contributed by atoms with Crippen LogP contribution < -0.4 is 15.2 Å². The van der Waals surface area contributed by atoms with Gasteiger partial charge in [0.15, 0.2) is 0 Å². The molecule has 0 fully saturated rings. The summed E-state index contributed by atoms with van der Waals surface area (Å²) in [5, 5.41) is 0. The minimum absolute atomic E-state index is 0.0868. The molecule has 0 saturated heterocycles. The summed E-state index contributed by atoms with van der Waals surface area (Å²) in [6, 6.07) is 8.25. The summed E-state index contributed by atoms with van der Waals surface area (Å²) >= 11 is 0. The molecule has 0 radical (unpaired) electrons. The Bertz CT molecular complexity index is 630. The smallest absolute Gasteiger partial charge is 0.130 e. The number of halogens is 2. The van der Waals surface area contributed by atoms with Gasteiger partial charge >= 0.3 is 0 Å². The van der Waals surface area contributed by atoms with Crippen molar-refractivity contribution in [2.24, 2.45) is 5.73 Å². The standard InChI is InChI=1S/C16H17F2NO2/c1-10(19)14-5-4-13(20-2)8-16(14)21-9-11-7-12(17)3-6-15(11)18/h3-8,10H,9,19H2,1-2H3. The molecular weight excluding hydrogens is 276 g/mol. The Labute approximate surface area is 122 Å². The maximum atomic E-state index is 13.6. The Morgan fingerprint density at radius 3 is 2.57 bits per heavy atom. The molecule has 0 heterocycles. The maximum Gasteiger partial charge on any atom is 0.130 e. The second-order valence-corrected chi connectivity index (χ2v) is 4.72. The van der Waals surface area contributed by atoms with Gasteiger partial charge in [-0.1, -0.05) is 6.07 Å². The fraction of sp³-hybridized carbons (Fsp3) is 0.250. The fourth-order valence-corrected chi connectivity index (χ4v) is 1.95. The van der Waals surface area contributed by atoms with E-state index in [1.807, 2.05) is 6.92 Å². The minimum atomic E-state index is -0.512. The van der Waals surface area contributed by atoms with E-state index in [0.29, 0.717) is 11.5 Å². The van der Waals surface area contributed by atoms with Gasteiger partial charge in [-0.2, -0.15) is 0 Å². The molecule has 2 N–H and O–H groups in total. The van der Waals surface area contributed by atoms with Crippen LogP contribution in [0.4, 0.5) is 8.78 Å². The lowest BCUT2D eigenvalue weighted by molar-refractivity contribution is 0.292. The van der Waals surface area contributed by atoms with Gasteiger partial charge in [-0.3, -0.25) is 0 Å². The molecule has 21 heavy (non-hydrogen) atoms. The summed E-state index contributed by atoms with van der Waals surface area (Å²) in [6.07, 6.45) is 0. The van der Waals surface area contributed by atoms with Crippen molar-refractivity contribution in [3.63, 3.8) is 0 Å². The lowest BCUT2D eigenvalue weighted by Crippen LogP contribution is -2.09. The van der Waals surface area contributed by atoms with Crippen molar-refractivity contribution in [2.75, 3.05) is 7.11 Å². The van der Waals surface area contributed by atoms with E-state index in [9.17, 15) is 8.78 Å². The third-order valence-corrected chi connectivity index (χ3v) is 3.10. The van der Waals surface area contributed by atoms with Crippen molar-refractivity contribution in [3.05, 3.63) is 59.2 Å². The van der Waals surface area contributed by atoms with Gasteiger partial charge in [-0.25, -0.2) is 8.78 Å². The number of hydrogen-bond donors (Lipinski definition) is 1. The average molecular weight is 293 g/mol. The van der Waals surface area contributed by atoms with Crippen LogP contribution >= 0.6 is 0 Å². The van der Waals surface area contributed by atoms with Crippen molar-refractivity contribution in [2.45, 2.75) is 19.6 Å². The molecule has 0 aliphatic rings. The Morgan fingerprint density at radius 1 is 1.14 bits per heavy atom. The van der Waals surface area contributed by atoms with Crippen molar-refractivity contribution in [3.8, 4) is 11.5 Å². The Kier molecular flexibility index (Phi) is 4.75. The summed E-state index contributed by atoms with van der Waals surface area (Å²) < 4.78 is 37.4. The third kappa shape index (κ3) is 3.70. The molecule has 1 unspecified atom stereocenters. The van der Waals surface area contributed by atoms with Crippen LogP contribution in [-0.2, 0) is 6.61 Å². The highest BCUT2D eigenvalue weighted by atomic mass is 19.1. The zero-order valence-corrected chi connectivity index (χ0v) is 11.9. The SMILES string of the molecule is COc1ccc(C(C)N)c(OCc2cc(F)ccc2F)c1. The number of rotatable bonds is 5. The van der Waals surface area contributed by atoms with Crippen molar-refractivity contribution >= 4 is 0 Å². The predicted octanol–water partition coefficient (Wildman–Crippen LogP) is 3.57. The number of methoxy groups -OCH3 is 1. The molecule has 2 aromatic rings. The van der Waals surface area contributed by atoms with Gasteiger partial charge < -0.3 is 15.2 Å². The van der Waals surface area contributed by atoms with Gasteiger partial charge in [0, 0.05) is 23.2 Å². The predicted molar refractivity (Wildman–Crippen MR) is 76.3 cm³/mol. The molecule has 0 amide bonds. The van der Waals surface area contributed by atoms with Gasteiger partial charge in [0.2, 0.25) is 0 Å². The average Bonchev–Trinajstić information content (AvgIpc) is 2.47. The largest absolute Gasteiger partial charge is 0.497 e. The molecule has 1 atom stereocenters.